The molecule has 0 aliphatic carbocycles. The van der Waals surface area contributed by atoms with Crippen molar-refractivity contribution in [1.29, 1.82) is 0 Å². The molecule has 0 atom stereocenters. The Balaban J connectivity index is 2.34. The molecule has 1 heterocycles. The zero-order valence-corrected chi connectivity index (χ0v) is 9.90. The SMILES string of the molecule is Fc1cc(Nc2nc(Cl)nc(Cl)n2)cc(F)c1F. The van der Waals surface area contributed by atoms with E-state index in [0.29, 0.717) is 0 Å². The first-order valence-corrected chi connectivity index (χ1v) is 5.20. The normalized spacial score (nSPS) is 10.5. The van der Waals surface area contributed by atoms with Crippen LogP contribution in [-0.4, -0.2) is 15.0 Å². The van der Waals surface area contributed by atoms with E-state index in [-0.39, 0.29) is 22.2 Å². The zero-order valence-electron chi connectivity index (χ0n) is 8.39. The molecule has 1 aromatic heterocycles. The second-order valence-electron chi connectivity index (χ2n) is 3.08. The van der Waals surface area contributed by atoms with Crippen LogP contribution in [0.15, 0.2) is 12.1 Å². The number of anilines is 2. The monoisotopic (exact) mass is 294 g/mol. The topological polar surface area (TPSA) is 50.7 Å². The van der Waals surface area contributed by atoms with E-state index in [1.54, 1.807) is 0 Å². The third kappa shape index (κ3) is 2.80. The molecule has 0 saturated carbocycles. The third-order valence-corrected chi connectivity index (χ3v) is 2.16. The summed E-state index contributed by atoms with van der Waals surface area (Å²) in [5.74, 6) is -4.37. The molecule has 94 valence electrons. The summed E-state index contributed by atoms with van der Waals surface area (Å²) in [5, 5.41) is 2.03. The summed E-state index contributed by atoms with van der Waals surface area (Å²) < 4.78 is 38.6. The van der Waals surface area contributed by atoms with Crippen LogP contribution < -0.4 is 5.32 Å². The molecule has 18 heavy (non-hydrogen) atoms. The molecule has 1 N–H and O–H groups in total. The Bertz CT molecular complexity index is 565. The molecule has 0 aliphatic heterocycles. The molecule has 9 heteroatoms. The number of nitrogens with one attached hydrogen (secondary N) is 1. The van der Waals surface area contributed by atoms with Crippen LogP contribution in [-0.2, 0) is 0 Å². The number of halogens is 5. The Morgan fingerprint density at radius 2 is 1.39 bits per heavy atom. The maximum Gasteiger partial charge on any atom is 0.232 e. The van der Waals surface area contributed by atoms with Gasteiger partial charge in [-0.2, -0.15) is 15.0 Å². The summed E-state index contributed by atoms with van der Waals surface area (Å²) in [6.45, 7) is 0. The number of nitrogens with zero attached hydrogens (tertiary/aromatic N) is 3. The van der Waals surface area contributed by atoms with Crippen molar-refractivity contribution >= 4 is 34.8 Å². The average Bonchev–Trinajstić information content (AvgIpc) is 2.24. The van der Waals surface area contributed by atoms with E-state index in [2.05, 4.69) is 20.3 Å². The highest BCUT2D eigenvalue weighted by Gasteiger charge is 2.11. The maximum absolute atomic E-state index is 12.9. The molecule has 0 aliphatic rings. The van der Waals surface area contributed by atoms with Gasteiger partial charge in [0.05, 0.1) is 0 Å². The first-order valence-electron chi connectivity index (χ1n) is 4.44. The van der Waals surface area contributed by atoms with Crippen molar-refractivity contribution in [2.75, 3.05) is 5.32 Å². The molecule has 0 saturated heterocycles. The van der Waals surface area contributed by atoms with Gasteiger partial charge in [-0.3, -0.25) is 0 Å². The Kier molecular flexibility index (Phi) is 3.53. The van der Waals surface area contributed by atoms with Crippen molar-refractivity contribution in [3.8, 4) is 0 Å². The van der Waals surface area contributed by atoms with Gasteiger partial charge in [0, 0.05) is 17.8 Å². The quantitative estimate of drug-likeness (QED) is 0.863. The van der Waals surface area contributed by atoms with Crippen LogP contribution in [0.5, 0.6) is 0 Å². The fraction of sp³-hybridized carbons (Fsp3) is 0. The summed E-state index contributed by atoms with van der Waals surface area (Å²) in [6.07, 6.45) is 0. The molecule has 0 bridgehead atoms. The van der Waals surface area contributed by atoms with Gasteiger partial charge in [-0.15, -0.1) is 0 Å². The largest absolute Gasteiger partial charge is 0.324 e. The molecule has 0 radical (unpaired) electrons. The van der Waals surface area contributed by atoms with Gasteiger partial charge in [0.25, 0.3) is 0 Å². The van der Waals surface area contributed by atoms with Gasteiger partial charge in [-0.05, 0) is 23.2 Å². The third-order valence-electron chi connectivity index (χ3n) is 1.82. The summed E-state index contributed by atoms with van der Waals surface area (Å²) in [7, 11) is 0. The van der Waals surface area contributed by atoms with Gasteiger partial charge < -0.3 is 5.32 Å². The van der Waals surface area contributed by atoms with Crippen LogP contribution in [0.4, 0.5) is 24.8 Å². The van der Waals surface area contributed by atoms with Crippen LogP contribution in [0.2, 0.25) is 10.6 Å². The first kappa shape index (κ1) is 12.8. The Labute approximate surface area is 109 Å². The van der Waals surface area contributed by atoms with Crippen LogP contribution in [0.3, 0.4) is 0 Å². The van der Waals surface area contributed by atoms with Crippen molar-refractivity contribution < 1.29 is 13.2 Å². The van der Waals surface area contributed by atoms with Crippen molar-refractivity contribution in [2.45, 2.75) is 0 Å². The van der Waals surface area contributed by atoms with Gasteiger partial charge in [-0.1, -0.05) is 0 Å². The molecule has 0 unspecified atom stereocenters. The Morgan fingerprint density at radius 3 is 1.89 bits per heavy atom. The lowest BCUT2D eigenvalue weighted by Gasteiger charge is -2.05. The summed E-state index contributed by atoms with van der Waals surface area (Å²) >= 11 is 11.0. The smallest absolute Gasteiger partial charge is 0.232 e. The van der Waals surface area contributed by atoms with Crippen LogP contribution >= 0.6 is 23.2 Å². The number of hydrogen-bond donors (Lipinski definition) is 1. The maximum atomic E-state index is 12.9. The van der Waals surface area contributed by atoms with Gasteiger partial charge in [0.15, 0.2) is 17.5 Å². The second kappa shape index (κ2) is 4.95. The van der Waals surface area contributed by atoms with E-state index in [0.717, 1.165) is 12.1 Å². The van der Waals surface area contributed by atoms with Crippen molar-refractivity contribution in [3.63, 3.8) is 0 Å². The van der Waals surface area contributed by atoms with E-state index in [4.69, 9.17) is 23.2 Å². The van der Waals surface area contributed by atoms with Gasteiger partial charge in [0.1, 0.15) is 0 Å². The predicted molar refractivity (Wildman–Crippen MR) is 59.4 cm³/mol. The van der Waals surface area contributed by atoms with Crippen LogP contribution in [0, 0.1) is 17.5 Å². The Hall–Kier alpha value is -1.60. The fourth-order valence-electron chi connectivity index (χ4n) is 1.14. The first-order chi connectivity index (χ1) is 8.45. The van der Waals surface area contributed by atoms with Crippen molar-refractivity contribution in [1.82, 2.24) is 15.0 Å². The lowest BCUT2D eigenvalue weighted by Crippen LogP contribution is -2.01. The van der Waals surface area contributed by atoms with E-state index < -0.39 is 17.5 Å². The summed E-state index contributed by atoms with van der Waals surface area (Å²) in [4.78, 5) is 10.7. The minimum absolute atomic E-state index is 0.0928. The molecule has 2 rings (SSSR count). The highest BCUT2D eigenvalue weighted by Crippen LogP contribution is 2.20. The van der Waals surface area contributed by atoms with E-state index in [1.165, 1.54) is 0 Å². The van der Waals surface area contributed by atoms with E-state index in [9.17, 15) is 13.2 Å². The lowest BCUT2D eigenvalue weighted by atomic mass is 10.3. The molecule has 2 aromatic rings. The number of rotatable bonds is 2. The number of benzene rings is 1. The molecular weight excluding hydrogens is 292 g/mol. The van der Waals surface area contributed by atoms with E-state index in [1.807, 2.05) is 0 Å². The minimum Gasteiger partial charge on any atom is -0.324 e. The molecule has 0 spiro atoms. The van der Waals surface area contributed by atoms with Crippen LogP contribution in [0.1, 0.15) is 0 Å². The molecule has 0 fully saturated rings. The minimum atomic E-state index is -1.56. The van der Waals surface area contributed by atoms with Gasteiger partial charge >= 0.3 is 0 Å². The van der Waals surface area contributed by atoms with Crippen LogP contribution in [0.25, 0.3) is 0 Å². The lowest BCUT2D eigenvalue weighted by molar-refractivity contribution is 0.448. The van der Waals surface area contributed by atoms with Gasteiger partial charge in [-0.25, -0.2) is 13.2 Å². The van der Waals surface area contributed by atoms with Crippen molar-refractivity contribution in [2.24, 2.45) is 0 Å². The highest BCUT2D eigenvalue weighted by atomic mass is 35.5. The highest BCUT2D eigenvalue weighted by molar-refractivity contribution is 6.31. The standard InChI is InChI=1S/C9H3Cl2F3N4/c10-7-16-8(11)18-9(17-7)15-3-1-4(12)6(14)5(13)2-3/h1-2H,(H,15,16,17,18). The molecule has 1 aromatic carbocycles. The summed E-state index contributed by atoms with van der Waals surface area (Å²) in [6, 6.07) is 1.48. The molecular formula is C9H3Cl2F3N4. The zero-order chi connectivity index (χ0) is 13.3. The number of hydrogen-bond acceptors (Lipinski definition) is 4. The number of aromatic nitrogens is 3. The molecule has 4 nitrogen and oxygen atoms in total. The average molecular weight is 295 g/mol. The predicted octanol–water partition coefficient (Wildman–Crippen LogP) is 3.34. The van der Waals surface area contributed by atoms with Gasteiger partial charge in [0.2, 0.25) is 16.5 Å². The Morgan fingerprint density at radius 1 is 0.889 bits per heavy atom. The summed E-state index contributed by atoms with van der Waals surface area (Å²) in [5.41, 5.74) is -0.0928. The molecule has 0 amide bonds. The van der Waals surface area contributed by atoms with Crippen molar-refractivity contribution in [3.05, 3.63) is 40.2 Å². The second-order valence-corrected chi connectivity index (χ2v) is 3.75. The fourth-order valence-corrected chi connectivity index (χ4v) is 1.50. The van der Waals surface area contributed by atoms with E-state index >= 15 is 0 Å².